The zero-order valence-electron chi connectivity index (χ0n) is 10.8. The topological polar surface area (TPSA) is 96.7 Å². The molecule has 4 N–H and O–H groups in total. The van der Waals surface area contributed by atoms with Crippen LogP contribution >= 0.6 is 0 Å². The number of nitrogens with one attached hydrogen (secondary N) is 2. The molecule has 100 valence electrons. The van der Waals surface area contributed by atoms with Crippen LogP contribution in [-0.4, -0.2) is 20.9 Å². The van der Waals surface area contributed by atoms with Crippen molar-refractivity contribution in [2.45, 2.75) is 25.8 Å². The average Bonchev–Trinajstić information content (AvgIpc) is 2.92. The standard InChI is InChI=1S/C13H17N5O/c1-2-11(13-15-5-6-16-13)18-12(19)7-10-4-3-9(14)8-17-10/h3-6,8,11H,2,7,14H2,1H3,(H,15,16)(H,18,19). The van der Waals surface area contributed by atoms with Gasteiger partial charge in [0.25, 0.3) is 0 Å². The molecule has 2 heterocycles. The van der Waals surface area contributed by atoms with Crippen molar-refractivity contribution in [1.82, 2.24) is 20.3 Å². The Morgan fingerprint density at radius 1 is 1.47 bits per heavy atom. The number of nitrogens with zero attached hydrogens (tertiary/aromatic N) is 2. The van der Waals surface area contributed by atoms with Gasteiger partial charge in [0.15, 0.2) is 0 Å². The third-order valence-electron chi connectivity index (χ3n) is 2.78. The number of hydrogen-bond acceptors (Lipinski definition) is 4. The minimum absolute atomic E-state index is 0.0829. The molecule has 0 aliphatic carbocycles. The van der Waals surface area contributed by atoms with E-state index in [4.69, 9.17) is 5.73 Å². The van der Waals surface area contributed by atoms with E-state index in [0.29, 0.717) is 11.4 Å². The number of nitrogens with two attached hydrogens (primary N) is 1. The second-order valence-electron chi connectivity index (χ2n) is 4.26. The van der Waals surface area contributed by atoms with Crippen LogP contribution in [0.25, 0.3) is 0 Å². The maximum Gasteiger partial charge on any atom is 0.226 e. The van der Waals surface area contributed by atoms with E-state index in [1.165, 1.54) is 0 Å². The van der Waals surface area contributed by atoms with Crippen molar-refractivity contribution in [3.8, 4) is 0 Å². The molecule has 1 atom stereocenters. The average molecular weight is 259 g/mol. The van der Waals surface area contributed by atoms with Crippen LogP contribution in [0, 0.1) is 0 Å². The summed E-state index contributed by atoms with van der Waals surface area (Å²) in [6.07, 6.45) is 5.97. The van der Waals surface area contributed by atoms with Crippen LogP contribution in [0.4, 0.5) is 5.69 Å². The molecule has 0 aliphatic rings. The van der Waals surface area contributed by atoms with Gasteiger partial charge in [0.2, 0.25) is 5.91 Å². The SMILES string of the molecule is CCC(NC(=O)Cc1ccc(N)cn1)c1ncc[nH]1. The number of anilines is 1. The van der Waals surface area contributed by atoms with Crippen LogP contribution in [0.5, 0.6) is 0 Å². The molecule has 0 saturated heterocycles. The number of aromatic nitrogens is 3. The van der Waals surface area contributed by atoms with E-state index in [9.17, 15) is 4.79 Å². The number of amides is 1. The first kappa shape index (κ1) is 13.1. The lowest BCUT2D eigenvalue weighted by atomic mass is 10.2. The van der Waals surface area contributed by atoms with Gasteiger partial charge in [-0.1, -0.05) is 6.92 Å². The third-order valence-corrected chi connectivity index (χ3v) is 2.78. The number of imidazole rings is 1. The highest BCUT2D eigenvalue weighted by Gasteiger charge is 2.15. The third kappa shape index (κ3) is 3.54. The lowest BCUT2D eigenvalue weighted by molar-refractivity contribution is -0.121. The molecule has 6 nitrogen and oxygen atoms in total. The minimum Gasteiger partial charge on any atom is -0.397 e. The fourth-order valence-corrected chi connectivity index (χ4v) is 1.78. The Kier molecular flexibility index (Phi) is 4.12. The molecular weight excluding hydrogens is 242 g/mol. The van der Waals surface area contributed by atoms with E-state index < -0.39 is 0 Å². The summed E-state index contributed by atoms with van der Waals surface area (Å²) in [5, 5.41) is 2.93. The Morgan fingerprint density at radius 3 is 2.89 bits per heavy atom. The number of carbonyl (C=O) groups is 1. The van der Waals surface area contributed by atoms with Gasteiger partial charge in [-0.05, 0) is 18.6 Å². The minimum atomic E-state index is -0.101. The van der Waals surface area contributed by atoms with Gasteiger partial charge in [0.05, 0.1) is 24.3 Å². The smallest absolute Gasteiger partial charge is 0.226 e. The normalized spacial score (nSPS) is 12.1. The van der Waals surface area contributed by atoms with Gasteiger partial charge >= 0.3 is 0 Å². The van der Waals surface area contributed by atoms with Gasteiger partial charge in [0.1, 0.15) is 5.82 Å². The molecular formula is C13H17N5O. The summed E-state index contributed by atoms with van der Waals surface area (Å²) < 4.78 is 0. The van der Waals surface area contributed by atoms with Crippen LogP contribution in [0.1, 0.15) is 30.9 Å². The van der Waals surface area contributed by atoms with Crippen molar-refractivity contribution in [3.05, 3.63) is 42.2 Å². The predicted octanol–water partition coefficient (Wildman–Crippen LogP) is 1.20. The molecule has 0 saturated carbocycles. The molecule has 0 radical (unpaired) electrons. The maximum absolute atomic E-state index is 11.9. The van der Waals surface area contributed by atoms with Crippen molar-refractivity contribution in [1.29, 1.82) is 0 Å². The van der Waals surface area contributed by atoms with Crippen LogP contribution in [0.2, 0.25) is 0 Å². The summed E-state index contributed by atoms with van der Waals surface area (Å²) in [5.41, 5.74) is 6.83. The first-order valence-electron chi connectivity index (χ1n) is 6.18. The van der Waals surface area contributed by atoms with Crippen LogP contribution in [0.3, 0.4) is 0 Å². The molecule has 19 heavy (non-hydrogen) atoms. The number of hydrogen-bond donors (Lipinski definition) is 3. The molecule has 0 aliphatic heterocycles. The molecule has 0 spiro atoms. The van der Waals surface area contributed by atoms with Crippen molar-refractivity contribution in [2.75, 3.05) is 5.73 Å². The van der Waals surface area contributed by atoms with Crippen LogP contribution in [-0.2, 0) is 11.2 Å². The molecule has 2 rings (SSSR count). The molecule has 1 unspecified atom stereocenters. The van der Waals surface area contributed by atoms with Gasteiger partial charge in [-0.25, -0.2) is 4.98 Å². The molecule has 6 heteroatoms. The fraction of sp³-hybridized carbons (Fsp3) is 0.308. The van der Waals surface area contributed by atoms with Crippen molar-refractivity contribution in [2.24, 2.45) is 0 Å². The molecule has 2 aromatic heterocycles. The lowest BCUT2D eigenvalue weighted by Crippen LogP contribution is -2.30. The van der Waals surface area contributed by atoms with Gasteiger partial charge in [-0.15, -0.1) is 0 Å². The zero-order chi connectivity index (χ0) is 13.7. The van der Waals surface area contributed by atoms with E-state index in [0.717, 1.165) is 12.2 Å². The zero-order valence-corrected chi connectivity index (χ0v) is 10.8. The Hall–Kier alpha value is -2.37. The summed E-state index contributed by atoms with van der Waals surface area (Å²) in [5.74, 6) is 0.682. The first-order chi connectivity index (χ1) is 9.19. The Morgan fingerprint density at radius 2 is 2.32 bits per heavy atom. The van der Waals surface area contributed by atoms with Crippen molar-refractivity contribution in [3.63, 3.8) is 0 Å². The molecule has 0 aromatic carbocycles. The highest BCUT2D eigenvalue weighted by atomic mass is 16.1. The van der Waals surface area contributed by atoms with E-state index in [1.54, 1.807) is 30.7 Å². The van der Waals surface area contributed by atoms with E-state index in [2.05, 4.69) is 20.3 Å². The summed E-state index contributed by atoms with van der Waals surface area (Å²) >= 11 is 0. The molecule has 1 amide bonds. The van der Waals surface area contributed by atoms with Gasteiger partial charge in [-0.2, -0.15) is 0 Å². The number of rotatable bonds is 5. The summed E-state index contributed by atoms with van der Waals surface area (Å²) in [4.78, 5) is 23.2. The van der Waals surface area contributed by atoms with Gasteiger partial charge in [0, 0.05) is 18.1 Å². The number of aromatic amines is 1. The van der Waals surface area contributed by atoms with Crippen molar-refractivity contribution < 1.29 is 4.79 Å². The summed E-state index contributed by atoms with van der Waals surface area (Å²) in [6, 6.07) is 3.39. The molecule has 0 bridgehead atoms. The number of H-pyrrole nitrogens is 1. The fourth-order valence-electron chi connectivity index (χ4n) is 1.78. The Balaban J connectivity index is 1.95. The predicted molar refractivity (Wildman–Crippen MR) is 72.1 cm³/mol. The summed E-state index contributed by atoms with van der Waals surface area (Å²) in [7, 11) is 0. The number of nitrogen functional groups attached to an aromatic ring is 1. The number of pyridine rings is 1. The molecule has 2 aromatic rings. The highest BCUT2D eigenvalue weighted by Crippen LogP contribution is 2.11. The second-order valence-corrected chi connectivity index (χ2v) is 4.26. The number of carbonyl (C=O) groups excluding carboxylic acids is 1. The Labute approximate surface area is 111 Å². The Bertz CT molecular complexity index is 520. The van der Waals surface area contributed by atoms with Gasteiger partial charge in [-0.3, -0.25) is 9.78 Å². The van der Waals surface area contributed by atoms with E-state index in [-0.39, 0.29) is 18.4 Å². The highest BCUT2D eigenvalue weighted by molar-refractivity contribution is 5.78. The van der Waals surface area contributed by atoms with E-state index >= 15 is 0 Å². The largest absolute Gasteiger partial charge is 0.397 e. The second kappa shape index (κ2) is 5.99. The lowest BCUT2D eigenvalue weighted by Gasteiger charge is -2.14. The molecule has 0 fully saturated rings. The van der Waals surface area contributed by atoms with E-state index in [1.807, 2.05) is 6.92 Å². The summed E-state index contributed by atoms with van der Waals surface area (Å²) in [6.45, 7) is 1.99. The van der Waals surface area contributed by atoms with Crippen molar-refractivity contribution >= 4 is 11.6 Å². The maximum atomic E-state index is 11.9. The monoisotopic (exact) mass is 259 g/mol. The first-order valence-corrected chi connectivity index (χ1v) is 6.18. The van der Waals surface area contributed by atoms with Crippen LogP contribution < -0.4 is 11.1 Å². The quantitative estimate of drug-likeness (QED) is 0.751. The van der Waals surface area contributed by atoms with Crippen LogP contribution in [0.15, 0.2) is 30.7 Å². The van der Waals surface area contributed by atoms with Gasteiger partial charge < -0.3 is 16.0 Å².